The number of amides is 1. The van der Waals surface area contributed by atoms with Crippen LogP contribution in [0.25, 0.3) is 10.8 Å². The molecule has 2 aliphatic heterocycles. The van der Waals surface area contributed by atoms with Gasteiger partial charge in [0, 0.05) is 18.1 Å². The number of benzene rings is 1. The number of nitrogens with zero attached hydrogens (tertiary/aromatic N) is 3. The Bertz CT molecular complexity index is 941. The Morgan fingerprint density at radius 2 is 2.22 bits per heavy atom. The van der Waals surface area contributed by atoms with Crippen molar-refractivity contribution < 1.29 is 27.4 Å². The van der Waals surface area contributed by atoms with E-state index < -0.39 is 18.9 Å². The number of ether oxygens (including phenoxy) is 2. The van der Waals surface area contributed by atoms with E-state index in [1.807, 2.05) is 11.0 Å². The molecule has 27 heavy (non-hydrogen) atoms. The minimum Gasteiger partial charge on any atom is -0.483 e. The van der Waals surface area contributed by atoms with E-state index in [1.54, 1.807) is 12.3 Å². The van der Waals surface area contributed by atoms with E-state index in [4.69, 9.17) is 9.47 Å². The Hall–Kier alpha value is -3.22. The van der Waals surface area contributed by atoms with Crippen LogP contribution in [-0.2, 0) is 4.74 Å². The normalized spacial score (nSPS) is 21.6. The number of hydrogen-bond acceptors (Lipinski definition) is 6. The van der Waals surface area contributed by atoms with E-state index in [0.717, 1.165) is 0 Å². The molecule has 3 heterocycles. The lowest BCUT2D eigenvalue weighted by molar-refractivity contribution is -0.153. The van der Waals surface area contributed by atoms with Crippen LogP contribution >= 0.6 is 0 Å². The topological polar surface area (TPSA) is 87.5 Å². The first-order chi connectivity index (χ1) is 12.8. The largest absolute Gasteiger partial charge is 0.483 e. The summed E-state index contributed by atoms with van der Waals surface area (Å²) < 4.78 is 47.5. The second kappa shape index (κ2) is 6.19. The second-order valence-corrected chi connectivity index (χ2v) is 6.32. The molecule has 4 rings (SSSR count). The number of nitriles is 1. The van der Waals surface area contributed by atoms with Crippen molar-refractivity contribution in [1.82, 2.24) is 10.3 Å². The predicted octanol–water partition coefficient (Wildman–Crippen LogP) is 2.34. The summed E-state index contributed by atoms with van der Waals surface area (Å²) in [5.41, 5.74) is 0.0118. The zero-order valence-corrected chi connectivity index (χ0v) is 13.8. The number of carbonyl (C=O) groups is 1. The van der Waals surface area contributed by atoms with Gasteiger partial charge < -0.3 is 19.7 Å². The van der Waals surface area contributed by atoms with Gasteiger partial charge in [0.15, 0.2) is 6.61 Å². The van der Waals surface area contributed by atoms with Gasteiger partial charge in [0.25, 0.3) is 0 Å². The van der Waals surface area contributed by atoms with Gasteiger partial charge in [-0.3, -0.25) is 0 Å². The Morgan fingerprint density at radius 3 is 2.93 bits per heavy atom. The third kappa shape index (κ3) is 3.28. The lowest BCUT2D eigenvalue weighted by Gasteiger charge is -2.20. The van der Waals surface area contributed by atoms with E-state index in [-0.39, 0.29) is 23.5 Å². The molecule has 2 unspecified atom stereocenters. The fourth-order valence-corrected chi connectivity index (χ4v) is 3.33. The molecule has 1 amide bonds. The minimum atomic E-state index is -4.51. The molecular formula is C17H13F3N4O3. The molecule has 0 saturated carbocycles. The van der Waals surface area contributed by atoms with Crippen molar-refractivity contribution in [3.05, 3.63) is 30.0 Å². The van der Waals surface area contributed by atoms with Gasteiger partial charge in [0.2, 0.25) is 0 Å². The number of halogens is 3. The first-order valence-electron chi connectivity index (χ1n) is 8.08. The lowest BCUT2D eigenvalue weighted by atomic mass is 10.1. The molecule has 7 nitrogen and oxygen atoms in total. The molecule has 2 atom stereocenters. The highest BCUT2D eigenvalue weighted by atomic mass is 19.4. The number of nitrogens with one attached hydrogen (secondary N) is 1. The molecule has 0 radical (unpaired) electrons. The van der Waals surface area contributed by atoms with Gasteiger partial charge in [-0.15, -0.1) is 0 Å². The van der Waals surface area contributed by atoms with Crippen LogP contribution in [-0.4, -0.2) is 49.1 Å². The molecule has 2 saturated heterocycles. The predicted molar refractivity (Wildman–Crippen MR) is 87.4 cm³/mol. The number of alkyl halides is 3. The Morgan fingerprint density at radius 1 is 1.41 bits per heavy atom. The van der Waals surface area contributed by atoms with Gasteiger partial charge in [-0.25, -0.2) is 9.78 Å². The molecule has 1 N–H and O–H groups in total. The molecule has 140 valence electrons. The van der Waals surface area contributed by atoms with Crippen LogP contribution < -0.4 is 15.0 Å². The number of aromatic nitrogens is 1. The van der Waals surface area contributed by atoms with Crippen LogP contribution in [0.4, 0.5) is 23.8 Å². The van der Waals surface area contributed by atoms with Gasteiger partial charge in [-0.1, -0.05) is 0 Å². The molecule has 1 aromatic heterocycles. The molecule has 0 spiro atoms. The van der Waals surface area contributed by atoms with Crippen LogP contribution in [0, 0.1) is 11.3 Å². The SMILES string of the molecule is N#Cc1cc2ccnc(N3CC4NC(=O)OC4C3)c2cc1OCC(F)(F)F. The Balaban J connectivity index is 1.70. The van der Waals surface area contributed by atoms with E-state index in [9.17, 15) is 23.2 Å². The maximum atomic E-state index is 12.5. The standard InChI is InChI=1S/C17H13F3N4O3/c18-17(19,20)8-26-13-4-11-9(3-10(13)5-21)1-2-22-15(11)24-6-12-14(7-24)27-16(25)23-12/h1-4,12,14H,6-8H2,(H,23,25). The number of anilines is 1. The smallest absolute Gasteiger partial charge is 0.422 e. The number of carbonyl (C=O) groups excluding carboxylic acids is 1. The van der Waals surface area contributed by atoms with Crippen molar-refractivity contribution in [3.8, 4) is 11.8 Å². The summed E-state index contributed by atoms with van der Waals surface area (Å²) in [7, 11) is 0. The van der Waals surface area contributed by atoms with E-state index in [2.05, 4.69) is 10.3 Å². The van der Waals surface area contributed by atoms with Crippen molar-refractivity contribution in [3.63, 3.8) is 0 Å². The summed E-state index contributed by atoms with van der Waals surface area (Å²) in [6, 6.07) is 6.22. The average Bonchev–Trinajstić information content (AvgIpc) is 3.15. The molecule has 2 aromatic rings. The zero-order valence-electron chi connectivity index (χ0n) is 13.8. The van der Waals surface area contributed by atoms with E-state index >= 15 is 0 Å². The molecule has 0 bridgehead atoms. The third-order valence-electron chi connectivity index (χ3n) is 4.48. The van der Waals surface area contributed by atoms with Crippen molar-refractivity contribution in [2.45, 2.75) is 18.3 Å². The van der Waals surface area contributed by atoms with Crippen LogP contribution in [0.3, 0.4) is 0 Å². The van der Waals surface area contributed by atoms with Gasteiger partial charge >= 0.3 is 12.3 Å². The summed E-state index contributed by atoms with van der Waals surface area (Å²) in [4.78, 5) is 17.5. The maximum absolute atomic E-state index is 12.5. The molecule has 0 aliphatic carbocycles. The van der Waals surface area contributed by atoms with Gasteiger partial charge in [0.05, 0.1) is 18.2 Å². The molecule has 10 heteroatoms. The first kappa shape index (κ1) is 17.2. The second-order valence-electron chi connectivity index (χ2n) is 6.32. The third-order valence-corrected chi connectivity index (χ3v) is 4.48. The number of fused-ring (bicyclic) bond motifs is 2. The monoisotopic (exact) mass is 378 g/mol. The Labute approximate surface area is 151 Å². The van der Waals surface area contributed by atoms with Crippen molar-refractivity contribution in [2.75, 3.05) is 24.6 Å². The lowest BCUT2D eigenvalue weighted by Crippen LogP contribution is -2.32. The summed E-state index contributed by atoms with van der Waals surface area (Å²) in [6.07, 6.45) is -3.73. The van der Waals surface area contributed by atoms with E-state index in [0.29, 0.717) is 29.7 Å². The van der Waals surface area contributed by atoms with Crippen molar-refractivity contribution in [2.24, 2.45) is 0 Å². The quantitative estimate of drug-likeness (QED) is 0.882. The summed E-state index contributed by atoms with van der Waals surface area (Å²) in [5, 5.41) is 13.1. The van der Waals surface area contributed by atoms with Gasteiger partial charge in [0.1, 0.15) is 23.7 Å². The number of rotatable bonds is 3. The summed E-state index contributed by atoms with van der Waals surface area (Å²) in [6.45, 7) is -0.619. The zero-order chi connectivity index (χ0) is 19.2. The first-order valence-corrected chi connectivity index (χ1v) is 8.08. The number of alkyl carbamates (subject to hydrolysis) is 1. The van der Waals surface area contributed by atoms with E-state index in [1.165, 1.54) is 12.1 Å². The van der Waals surface area contributed by atoms with Gasteiger partial charge in [-0.2, -0.15) is 18.4 Å². The summed E-state index contributed by atoms with van der Waals surface area (Å²) >= 11 is 0. The minimum absolute atomic E-state index is 0.0118. The van der Waals surface area contributed by atoms with Crippen LogP contribution in [0.15, 0.2) is 24.4 Å². The highest BCUT2D eigenvalue weighted by molar-refractivity contribution is 5.94. The van der Waals surface area contributed by atoms with Crippen LogP contribution in [0.1, 0.15) is 5.56 Å². The fourth-order valence-electron chi connectivity index (χ4n) is 3.33. The van der Waals surface area contributed by atoms with Gasteiger partial charge in [-0.05, 0) is 23.6 Å². The van der Waals surface area contributed by atoms with Crippen molar-refractivity contribution in [1.29, 1.82) is 5.26 Å². The summed E-state index contributed by atoms with van der Waals surface area (Å²) in [5.74, 6) is 0.376. The maximum Gasteiger partial charge on any atom is 0.422 e. The van der Waals surface area contributed by atoms with Crippen LogP contribution in [0.2, 0.25) is 0 Å². The molecule has 2 fully saturated rings. The average molecular weight is 378 g/mol. The fraction of sp³-hybridized carbons (Fsp3) is 0.353. The van der Waals surface area contributed by atoms with Crippen LogP contribution in [0.5, 0.6) is 5.75 Å². The number of hydrogen-bond donors (Lipinski definition) is 1. The Kier molecular flexibility index (Phi) is 3.95. The molecule has 2 aliphatic rings. The highest BCUT2D eigenvalue weighted by Crippen LogP contribution is 2.34. The number of pyridine rings is 1. The molecular weight excluding hydrogens is 365 g/mol. The molecule has 1 aromatic carbocycles. The van der Waals surface area contributed by atoms with Crippen molar-refractivity contribution >= 4 is 22.7 Å². The highest BCUT2D eigenvalue weighted by Gasteiger charge is 2.42.